The molecule has 0 aliphatic heterocycles. The minimum absolute atomic E-state index is 0.153. The summed E-state index contributed by atoms with van der Waals surface area (Å²) in [5.74, 6) is 0.765. The first-order valence-electron chi connectivity index (χ1n) is 5.78. The Bertz CT molecular complexity index is 482. The van der Waals surface area contributed by atoms with E-state index in [4.69, 9.17) is 4.42 Å². The lowest BCUT2D eigenvalue weighted by atomic mass is 10.4. The first-order chi connectivity index (χ1) is 8.79. The molecular weight excluding hydrogens is 230 g/mol. The van der Waals surface area contributed by atoms with E-state index in [-0.39, 0.29) is 6.03 Å². The van der Waals surface area contributed by atoms with Gasteiger partial charge in [-0.15, -0.1) is 0 Å². The third-order valence-corrected chi connectivity index (χ3v) is 2.53. The fourth-order valence-corrected chi connectivity index (χ4v) is 1.56. The molecule has 0 aliphatic rings. The first-order valence-corrected chi connectivity index (χ1v) is 5.78. The second kappa shape index (κ2) is 5.86. The quantitative estimate of drug-likeness (QED) is 0.901. The summed E-state index contributed by atoms with van der Waals surface area (Å²) in [6.07, 6.45) is 4.88. The lowest BCUT2D eigenvalue weighted by Crippen LogP contribution is -2.34. The van der Waals surface area contributed by atoms with Crippen LogP contribution in [0.4, 0.5) is 10.5 Å². The fourth-order valence-electron chi connectivity index (χ4n) is 1.56. The van der Waals surface area contributed by atoms with Crippen molar-refractivity contribution in [2.24, 2.45) is 0 Å². The molecule has 1 N–H and O–H groups in total. The van der Waals surface area contributed by atoms with Gasteiger partial charge < -0.3 is 14.6 Å². The van der Waals surface area contributed by atoms with Crippen LogP contribution in [-0.4, -0.2) is 22.5 Å². The minimum atomic E-state index is -0.153. The maximum atomic E-state index is 12.0. The maximum Gasteiger partial charge on any atom is 0.322 e. The van der Waals surface area contributed by atoms with E-state index in [1.54, 1.807) is 35.7 Å². The Labute approximate surface area is 105 Å². The first kappa shape index (κ1) is 12.2. The number of anilines is 1. The Morgan fingerprint density at radius 2 is 2.17 bits per heavy atom. The molecule has 2 aromatic rings. The lowest BCUT2D eigenvalue weighted by molar-refractivity contribution is 0.207. The van der Waals surface area contributed by atoms with E-state index in [9.17, 15) is 4.79 Å². The Morgan fingerprint density at radius 3 is 2.78 bits per heavy atom. The highest BCUT2D eigenvalue weighted by Gasteiger charge is 2.13. The number of rotatable bonds is 4. The van der Waals surface area contributed by atoms with Crippen molar-refractivity contribution in [3.05, 3.63) is 48.7 Å². The number of hydrogen-bond acceptors (Lipinski definition) is 3. The van der Waals surface area contributed by atoms with Crippen molar-refractivity contribution in [3.8, 4) is 0 Å². The molecule has 5 nitrogen and oxygen atoms in total. The summed E-state index contributed by atoms with van der Waals surface area (Å²) < 4.78 is 5.23. The third kappa shape index (κ3) is 3.10. The van der Waals surface area contributed by atoms with Crippen molar-refractivity contribution < 1.29 is 9.21 Å². The molecule has 0 aromatic carbocycles. The standard InChI is InChI=1S/C13H15N3O2/c1-2-16(10-12-4-3-9-18-12)13(17)15-11-5-7-14-8-6-11/h3-9H,2,10H2,1H3,(H,14,15,17). The van der Waals surface area contributed by atoms with Crippen LogP contribution in [0.1, 0.15) is 12.7 Å². The summed E-state index contributed by atoms with van der Waals surface area (Å²) in [7, 11) is 0. The highest BCUT2D eigenvalue weighted by Crippen LogP contribution is 2.09. The number of carbonyl (C=O) groups is 1. The van der Waals surface area contributed by atoms with Crippen LogP contribution < -0.4 is 5.32 Å². The molecule has 0 radical (unpaired) electrons. The summed E-state index contributed by atoms with van der Waals surface area (Å²) in [5.41, 5.74) is 0.730. The molecular formula is C13H15N3O2. The number of nitrogens with one attached hydrogen (secondary N) is 1. The molecule has 2 aromatic heterocycles. The predicted molar refractivity (Wildman–Crippen MR) is 68.0 cm³/mol. The minimum Gasteiger partial charge on any atom is -0.467 e. The highest BCUT2D eigenvalue weighted by atomic mass is 16.3. The zero-order valence-corrected chi connectivity index (χ0v) is 10.2. The summed E-state index contributed by atoms with van der Waals surface area (Å²) in [4.78, 5) is 17.6. The van der Waals surface area contributed by atoms with Crippen molar-refractivity contribution in [3.63, 3.8) is 0 Å². The molecule has 94 valence electrons. The van der Waals surface area contributed by atoms with Gasteiger partial charge in [0.2, 0.25) is 0 Å². The van der Waals surface area contributed by atoms with Gasteiger partial charge in [-0.05, 0) is 31.2 Å². The number of hydrogen-bond donors (Lipinski definition) is 1. The van der Waals surface area contributed by atoms with Crippen molar-refractivity contribution in [1.29, 1.82) is 0 Å². The summed E-state index contributed by atoms with van der Waals surface area (Å²) in [6.45, 7) is 2.99. The van der Waals surface area contributed by atoms with E-state index >= 15 is 0 Å². The summed E-state index contributed by atoms with van der Waals surface area (Å²) >= 11 is 0. The van der Waals surface area contributed by atoms with Gasteiger partial charge in [-0.2, -0.15) is 0 Å². The Balaban J connectivity index is 1.98. The Morgan fingerprint density at radius 1 is 1.39 bits per heavy atom. The molecule has 2 rings (SSSR count). The average Bonchev–Trinajstić information content (AvgIpc) is 2.90. The number of furan rings is 1. The SMILES string of the molecule is CCN(Cc1ccco1)C(=O)Nc1ccncc1. The number of amides is 2. The van der Waals surface area contributed by atoms with Crippen LogP contribution >= 0.6 is 0 Å². The van der Waals surface area contributed by atoms with Gasteiger partial charge in [-0.1, -0.05) is 0 Å². The maximum absolute atomic E-state index is 12.0. The van der Waals surface area contributed by atoms with Gasteiger partial charge in [0.05, 0.1) is 12.8 Å². The van der Waals surface area contributed by atoms with E-state index in [0.29, 0.717) is 13.1 Å². The predicted octanol–water partition coefficient (Wildman–Crippen LogP) is 2.73. The van der Waals surface area contributed by atoms with Crippen LogP contribution in [0.3, 0.4) is 0 Å². The van der Waals surface area contributed by atoms with Gasteiger partial charge in [0.15, 0.2) is 0 Å². The van der Waals surface area contributed by atoms with E-state index in [2.05, 4.69) is 10.3 Å². The van der Waals surface area contributed by atoms with Gasteiger partial charge in [-0.3, -0.25) is 4.98 Å². The zero-order chi connectivity index (χ0) is 12.8. The van der Waals surface area contributed by atoms with Crippen LogP contribution in [0, 0.1) is 0 Å². The van der Waals surface area contributed by atoms with Crippen molar-refractivity contribution >= 4 is 11.7 Å². The van der Waals surface area contributed by atoms with Crippen LogP contribution in [0.5, 0.6) is 0 Å². The lowest BCUT2D eigenvalue weighted by Gasteiger charge is -2.20. The van der Waals surface area contributed by atoms with E-state index < -0.39 is 0 Å². The normalized spacial score (nSPS) is 10.1. The monoisotopic (exact) mass is 245 g/mol. The second-order valence-electron chi connectivity index (χ2n) is 3.76. The molecule has 18 heavy (non-hydrogen) atoms. The molecule has 0 saturated heterocycles. The number of carbonyl (C=O) groups excluding carboxylic acids is 1. The number of nitrogens with zero attached hydrogens (tertiary/aromatic N) is 2. The molecule has 0 unspecified atom stereocenters. The molecule has 5 heteroatoms. The van der Waals surface area contributed by atoms with Crippen molar-refractivity contribution in [2.75, 3.05) is 11.9 Å². The zero-order valence-electron chi connectivity index (χ0n) is 10.2. The summed E-state index contributed by atoms with van der Waals surface area (Å²) in [6, 6.07) is 7.00. The van der Waals surface area contributed by atoms with E-state index in [0.717, 1.165) is 11.4 Å². The molecule has 0 aliphatic carbocycles. The van der Waals surface area contributed by atoms with E-state index in [1.807, 2.05) is 19.1 Å². The Kier molecular flexibility index (Phi) is 3.96. The van der Waals surface area contributed by atoms with Gasteiger partial charge in [0.25, 0.3) is 0 Å². The molecule has 0 saturated carbocycles. The topological polar surface area (TPSA) is 58.4 Å². The van der Waals surface area contributed by atoms with Gasteiger partial charge in [0, 0.05) is 24.6 Å². The van der Waals surface area contributed by atoms with Gasteiger partial charge >= 0.3 is 6.03 Å². The summed E-state index contributed by atoms with van der Waals surface area (Å²) in [5, 5.41) is 2.81. The van der Waals surface area contributed by atoms with Crippen molar-refractivity contribution in [2.45, 2.75) is 13.5 Å². The van der Waals surface area contributed by atoms with Gasteiger partial charge in [0.1, 0.15) is 5.76 Å². The van der Waals surface area contributed by atoms with Crippen LogP contribution in [-0.2, 0) is 6.54 Å². The number of urea groups is 1. The van der Waals surface area contributed by atoms with Crippen LogP contribution in [0.2, 0.25) is 0 Å². The number of pyridine rings is 1. The average molecular weight is 245 g/mol. The Hall–Kier alpha value is -2.30. The molecule has 2 heterocycles. The molecule has 0 atom stereocenters. The van der Waals surface area contributed by atoms with Crippen molar-refractivity contribution in [1.82, 2.24) is 9.88 Å². The largest absolute Gasteiger partial charge is 0.467 e. The highest BCUT2D eigenvalue weighted by molar-refractivity contribution is 5.89. The number of aromatic nitrogens is 1. The molecule has 2 amide bonds. The van der Waals surface area contributed by atoms with Crippen LogP contribution in [0.25, 0.3) is 0 Å². The molecule has 0 bridgehead atoms. The van der Waals surface area contributed by atoms with E-state index in [1.165, 1.54) is 0 Å². The fraction of sp³-hybridized carbons (Fsp3) is 0.231. The van der Waals surface area contributed by atoms with Gasteiger partial charge in [-0.25, -0.2) is 4.79 Å². The molecule has 0 spiro atoms. The smallest absolute Gasteiger partial charge is 0.322 e. The second-order valence-corrected chi connectivity index (χ2v) is 3.76. The third-order valence-electron chi connectivity index (χ3n) is 2.53. The van der Waals surface area contributed by atoms with Crippen LogP contribution in [0.15, 0.2) is 47.3 Å². The molecule has 0 fully saturated rings.